The molecule has 0 aliphatic carbocycles. The van der Waals surface area contributed by atoms with Gasteiger partial charge >= 0.3 is 7.60 Å². The molecule has 24 heavy (non-hydrogen) atoms. The molecule has 0 aliphatic heterocycles. The van der Waals surface area contributed by atoms with E-state index in [9.17, 15) is 4.57 Å². The number of nitrogens with one attached hydrogen (secondary N) is 1. The van der Waals surface area contributed by atoms with Crippen LogP contribution in [0.2, 0.25) is 10.0 Å². The molecule has 0 fully saturated rings. The molecule has 130 valence electrons. The zero-order valence-corrected chi connectivity index (χ0v) is 15.9. The summed E-state index contributed by atoms with van der Waals surface area (Å²) in [7, 11) is -3.43. The highest BCUT2D eigenvalue weighted by atomic mass is 35.5. The Bertz CT molecular complexity index is 682. The first-order valence-electron chi connectivity index (χ1n) is 7.65. The van der Waals surface area contributed by atoms with Gasteiger partial charge in [-0.25, -0.2) is 0 Å². The second-order valence-electron chi connectivity index (χ2n) is 4.98. The highest BCUT2D eigenvalue weighted by Gasteiger charge is 2.37. The Labute approximate surface area is 152 Å². The summed E-state index contributed by atoms with van der Waals surface area (Å²) in [4.78, 5) is 0. The lowest BCUT2D eigenvalue weighted by Gasteiger charge is -2.28. The lowest BCUT2D eigenvalue weighted by atomic mass is 10.2. The van der Waals surface area contributed by atoms with Crippen LogP contribution >= 0.6 is 30.8 Å². The largest absolute Gasteiger partial charge is 0.368 e. The van der Waals surface area contributed by atoms with Gasteiger partial charge in [-0.15, -0.1) is 0 Å². The number of hydrogen-bond donors (Lipinski definition) is 1. The molecule has 1 N–H and O–H groups in total. The van der Waals surface area contributed by atoms with Crippen molar-refractivity contribution in [3.05, 3.63) is 64.1 Å². The molecule has 0 amide bonds. The van der Waals surface area contributed by atoms with E-state index in [1.807, 2.05) is 12.1 Å². The summed E-state index contributed by atoms with van der Waals surface area (Å²) < 4.78 is 24.4. The molecular weight excluding hydrogens is 368 g/mol. The summed E-state index contributed by atoms with van der Waals surface area (Å²) in [6.45, 7) is 4.13. The lowest BCUT2D eigenvalue weighted by molar-refractivity contribution is 0.214. The average Bonchev–Trinajstić information content (AvgIpc) is 2.56. The zero-order chi connectivity index (χ0) is 17.6. The first kappa shape index (κ1) is 19.3. The van der Waals surface area contributed by atoms with E-state index in [0.29, 0.717) is 10.0 Å². The molecule has 0 spiro atoms. The second-order valence-corrected chi connectivity index (χ2v) is 7.97. The molecule has 1 unspecified atom stereocenters. The summed E-state index contributed by atoms with van der Waals surface area (Å²) in [5, 5.41) is 4.47. The molecule has 2 aromatic carbocycles. The van der Waals surface area contributed by atoms with E-state index in [4.69, 9.17) is 32.2 Å². The fourth-order valence-corrected chi connectivity index (χ4v) is 4.43. The van der Waals surface area contributed by atoms with Gasteiger partial charge in [-0.2, -0.15) is 0 Å². The Morgan fingerprint density at radius 3 is 1.83 bits per heavy atom. The molecule has 0 bridgehead atoms. The fourth-order valence-electron chi connectivity index (χ4n) is 2.24. The van der Waals surface area contributed by atoms with Gasteiger partial charge < -0.3 is 14.4 Å². The van der Waals surface area contributed by atoms with Gasteiger partial charge in [0, 0.05) is 15.7 Å². The quantitative estimate of drug-likeness (QED) is 0.534. The van der Waals surface area contributed by atoms with Crippen LogP contribution in [0.3, 0.4) is 0 Å². The van der Waals surface area contributed by atoms with E-state index in [0.717, 1.165) is 11.3 Å². The van der Waals surface area contributed by atoms with Gasteiger partial charge in [0.25, 0.3) is 0 Å². The molecular formula is C17H20Cl2NO3P. The summed E-state index contributed by atoms with van der Waals surface area (Å²) in [5.74, 6) is -0.657. The molecule has 1 atom stereocenters. The first-order valence-corrected chi connectivity index (χ1v) is 10.0. The fraction of sp³-hybridized carbons (Fsp3) is 0.294. The van der Waals surface area contributed by atoms with Crippen LogP contribution in [0, 0.1) is 0 Å². The van der Waals surface area contributed by atoms with E-state index in [-0.39, 0.29) is 13.2 Å². The second kappa shape index (κ2) is 8.89. The van der Waals surface area contributed by atoms with E-state index in [1.54, 1.807) is 50.2 Å². The summed E-state index contributed by atoms with van der Waals surface area (Å²) >= 11 is 11.9. The van der Waals surface area contributed by atoms with Crippen LogP contribution in [-0.4, -0.2) is 13.2 Å². The Morgan fingerprint density at radius 2 is 1.38 bits per heavy atom. The number of halogens is 2. The summed E-state index contributed by atoms with van der Waals surface area (Å²) in [6, 6.07) is 14.2. The Balaban J connectivity index is 2.41. The minimum absolute atomic E-state index is 0.281. The predicted octanol–water partition coefficient (Wildman–Crippen LogP) is 6.37. The van der Waals surface area contributed by atoms with Crippen molar-refractivity contribution in [2.75, 3.05) is 18.5 Å². The van der Waals surface area contributed by atoms with E-state index in [1.165, 1.54) is 0 Å². The molecule has 2 aromatic rings. The third-order valence-corrected chi connectivity index (χ3v) is 6.07. The Kier molecular flexibility index (Phi) is 7.15. The average molecular weight is 388 g/mol. The van der Waals surface area contributed by atoms with Crippen molar-refractivity contribution < 1.29 is 13.6 Å². The molecule has 0 saturated heterocycles. The summed E-state index contributed by atoms with van der Waals surface area (Å²) in [6.07, 6.45) is 0. The number of anilines is 1. The van der Waals surface area contributed by atoms with Crippen molar-refractivity contribution in [3.63, 3.8) is 0 Å². The minimum Gasteiger partial charge on any atom is -0.368 e. The predicted molar refractivity (Wildman–Crippen MR) is 100 cm³/mol. The standard InChI is InChI=1S/C17H20Cl2NO3P/c1-3-22-24(21,23-4-2)17(13-5-7-14(18)8-6-13)20-16-11-9-15(19)10-12-16/h5-12,17,20H,3-4H2,1-2H3. The van der Waals surface area contributed by atoms with Crippen molar-refractivity contribution in [2.24, 2.45) is 0 Å². The molecule has 0 aliphatic rings. The Hall–Kier alpha value is -1.03. The van der Waals surface area contributed by atoms with Crippen LogP contribution in [0.5, 0.6) is 0 Å². The van der Waals surface area contributed by atoms with Crippen molar-refractivity contribution in [1.82, 2.24) is 0 Å². The maximum atomic E-state index is 13.3. The van der Waals surface area contributed by atoms with Gasteiger partial charge in [0.05, 0.1) is 13.2 Å². The van der Waals surface area contributed by atoms with Gasteiger partial charge in [-0.05, 0) is 55.8 Å². The van der Waals surface area contributed by atoms with Crippen molar-refractivity contribution in [3.8, 4) is 0 Å². The lowest BCUT2D eigenvalue weighted by Crippen LogP contribution is -2.15. The van der Waals surface area contributed by atoms with E-state index >= 15 is 0 Å². The molecule has 0 aromatic heterocycles. The zero-order valence-electron chi connectivity index (χ0n) is 13.5. The normalized spacial score (nSPS) is 12.8. The maximum absolute atomic E-state index is 13.3. The van der Waals surface area contributed by atoms with Gasteiger partial charge in [0.15, 0.2) is 5.78 Å². The highest BCUT2D eigenvalue weighted by molar-refractivity contribution is 7.54. The van der Waals surface area contributed by atoms with Crippen LogP contribution in [-0.2, 0) is 13.6 Å². The van der Waals surface area contributed by atoms with Crippen LogP contribution in [0.25, 0.3) is 0 Å². The van der Waals surface area contributed by atoms with Crippen LogP contribution in [0.1, 0.15) is 25.2 Å². The molecule has 0 radical (unpaired) electrons. The van der Waals surface area contributed by atoms with Crippen molar-refractivity contribution >= 4 is 36.5 Å². The first-order chi connectivity index (χ1) is 11.5. The number of hydrogen-bond acceptors (Lipinski definition) is 4. The summed E-state index contributed by atoms with van der Waals surface area (Å²) in [5.41, 5.74) is 1.53. The minimum atomic E-state index is -3.43. The molecule has 0 saturated carbocycles. The van der Waals surface area contributed by atoms with Crippen LogP contribution in [0.4, 0.5) is 5.69 Å². The maximum Gasteiger partial charge on any atom is 0.357 e. The Morgan fingerprint density at radius 1 is 0.917 bits per heavy atom. The third kappa shape index (κ3) is 4.98. The van der Waals surface area contributed by atoms with Gasteiger partial charge in [-0.1, -0.05) is 35.3 Å². The number of benzene rings is 2. The molecule has 2 rings (SSSR count). The monoisotopic (exact) mass is 387 g/mol. The smallest absolute Gasteiger partial charge is 0.357 e. The highest BCUT2D eigenvalue weighted by Crippen LogP contribution is 2.60. The number of rotatable bonds is 8. The van der Waals surface area contributed by atoms with Crippen molar-refractivity contribution in [2.45, 2.75) is 19.6 Å². The van der Waals surface area contributed by atoms with Crippen LogP contribution < -0.4 is 5.32 Å². The molecule has 0 heterocycles. The van der Waals surface area contributed by atoms with Crippen molar-refractivity contribution in [1.29, 1.82) is 0 Å². The third-order valence-electron chi connectivity index (χ3n) is 3.27. The molecule has 4 nitrogen and oxygen atoms in total. The van der Waals surface area contributed by atoms with E-state index in [2.05, 4.69) is 5.32 Å². The van der Waals surface area contributed by atoms with Gasteiger partial charge in [-0.3, -0.25) is 4.57 Å². The van der Waals surface area contributed by atoms with Gasteiger partial charge in [0.2, 0.25) is 0 Å². The molecule has 7 heteroatoms. The van der Waals surface area contributed by atoms with Gasteiger partial charge in [0.1, 0.15) is 0 Å². The van der Waals surface area contributed by atoms with Crippen LogP contribution in [0.15, 0.2) is 48.5 Å². The topological polar surface area (TPSA) is 47.6 Å². The van der Waals surface area contributed by atoms with E-state index < -0.39 is 13.4 Å². The SMILES string of the molecule is CCOP(=O)(OCC)C(Nc1ccc(Cl)cc1)c1ccc(Cl)cc1.